The summed E-state index contributed by atoms with van der Waals surface area (Å²) in [6.07, 6.45) is 4.71. The maximum Gasteiger partial charge on any atom is 0.242 e. The highest BCUT2D eigenvalue weighted by atomic mass is 32.2. The van der Waals surface area contributed by atoms with Crippen LogP contribution in [0.2, 0.25) is 0 Å². The van der Waals surface area contributed by atoms with Crippen molar-refractivity contribution in [1.82, 2.24) is 14.7 Å². The smallest absolute Gasteiger partial charge is 0.242 e. The molecule has 0 saturated heterocycles. The van der Waals surface area contributed by atoms with Crippen LogP contribution in [0, 0.1) is 0 Å². The van der Waals surface area contributed by atoms with Gasteiger partial charge in [-0.05, 0) is 24.6 Å². The maximum absolute atomic E-state index is 12.2. The van der Waals surface area contributed by atoms with Gasteiger partial charge in [-0.25, -0.2) is 13.1 Å². The molecule has 2 aromatic rings. The number of rotatable bonds is 5. The summed E-state index contributed by atoms with van der Waals surface area (Å²) in [7, 11) is -3.56. The molecule has 0 spiro atoms. The van der Waals surface area contributed by atoms with Gasteiger partial charge in [0.1, 0.15) is 0 Å². The molecular formula is C12H16N4O2S. The van der Waals surface area contributed by atoms with E-state index >= 15 is 0 Å². The molecule has 0 fully saturated rings. The molecule has 0 saturated carbocycles. The number of pyridine rings is 1. The van der Waals surface area contributed by atoms with Gasteiger partial charge in [0.2, 0.25) is 10.0 Å². The highest BCUT2D eigenvalue weighted by Gasteiger charge is 2.19. The summed E-state index contributed by atoms with van der Waals surface area (Å²) >= 11 is 0. The fourth-order valence-electron chi connectivity index (χ4n) is 1.69. The lowest BCUT2D eigenvalue weighted by Crippen LogP contribution is -2.26. The second-order valence-electron chi connectivity index (χ2n) is 4.19. The van der Waals surface area contributed by atoms with Gasteiger partial charge in [-0.1, -0.05) is 6.07 Å². The van der Waals surface area contributed by atoms with Crippen LogP contribution in [-0.2, 0) is 16.6 Å². The van der Waals surface area contributed by atoms with Crippen molar-refractivity contribution in [3.05, 3.63) is 48.0 Å². The lowest BCUT2D eigenvalue weighted by Gasteiger charge is -2.13. The van der Waals surface area contributed by atoms with E-state index in [0.717, 1.165) is 5.56 Å². The largest absolute Gasteiger partial charge is 0.363 e. The number of nitrogens with one attached hydrogen (secondary N) is 2. The normalized spacial score (nSPS) is 13.4. The van der Waals surface area contributed by atoms with Crippen LogP contribution in [0.5, 0.6) is 0 Å². The molecule has 0 aliphatic heterocycles. The molecule has 0 bridgehead atoms. The van der Waals surface area contributed by atoms with Gasteiger partial charge in [-0.2, -0.15) is 0 Å². The second-order valence-corrected chi connectivity index (χ2v) is 5.91. The Hall–Kier alpha value is -1.70. The van der Waals surface area contributed by atoms with Crippen LogP contribution < -0.4 is 10.5 Å². The van der Waals surface area contributed by atoms with Gasteiger partial charge >= 0.3 is 0 Å². The minimum Gasteiger partial charge on any atom is -0.363 e. The number of H-pyrrole nitrogens is 1. The van der Waals surface area contributed by atoms with Gasteiger partial charge in [0.05, 0.1) is 4.90 Å². The van der Waals surface area contributed by atoms with Gasteiger partial charge in [-0.15, -0.1) is 0 Å². The first-order valence-electron chi connectivity index (χ1n) is 5.82. The number of aromatic nitrogens is 2. The van der Waals surface area contributed by atoms with E-state index in [1.807, 2.05) is 6.07 Å². The predicted molar refractivity (Wildman–Crippen MR) is 71.7 cm³/mol. The van der Waals surface area contributed by atoms with Gasteiger partial charge < -0.3 is 10.7 Å². The van der Waals surface area contributed by atoms with E-state index in [2.05, 4.69) is 14.7 Å². The molecule has 1 unspecified atom stereocenters. The Balaban J connectivity index is 2.17. The highest BCUT2D eigenvalue weighted by molar-refractivity contribution is 7.89. The number of hydrogen-bond donors (Lipinski definition) is 3. The lowest BCUT2D eigenvalue weighted by atomic mass is 10.2. The Morgan fingerprint density at radius 2 is 2.32 bits per heavy atom. The molecule has 7 heteroatoms. The molecule has 2 aromatic heterocycles. The first kappa shape index (κ1) is 13.7. The van der Waals surface area contributed by atoms with Crippen LogP contribution in [0.3, 0.4) is 0 Å². The van der Waals surface area contributed by atoms with E-state index in [1.165, 1.54) is 12.3 Å². The fourth-order valence-corrected chi connectivity index (χ4v) is 2.94. The molecule has 2 rings (SSSR count). The zero-order chi connectivity index (χ0) is 13.9. The summed E-state index contributed by atoms with van der Waals surface area (Å²) < 4.78 is 26.9. The van der Waals surface area contributed by atoms with E-state index in [4.69, 9.17) is 5.73 Å². The van der Waals surface area contributed by atoms with E-state index in [0.29, 0.717) is 5.69 Å². The van der Waals surface area contributed by atoms with Crippen molar-refractivity contribution < 1.29 is 8.42 Å². The standard InChI is InChI=1S/C12H16N4O2S/c1-9(10-3-2-4-14-7-10)16-19(17,18)12-5-11(6-13)15-8-12/h2-5,7-9,15-16H,6,13H2,1H3. The van der Waals surface area contributed by atoms with Crippen molar-refractivity contribution >= 4 is 10.0 Å². The SMILES string of the molecule is CC(NS(=O)(=O)c1c[nH]c(CN)c1)c1cccnc1. The Bertz CT molecular complexity index is 637. The average molecular weight is 280 g/mol. The molecule has 0 radical (unpaired) electrons. The summed E-state index contributed by atoms with van der Waals surface area (Å²) in [5.74, 6) is 0. The topological polar surface area (TPSA) is 101 Å². The molecule has 0 aliphatic carbocycles. The van der Waals surface area contributed by atoms with Gasteiger partial charge in [0, 0.05) is 36.9 Å². The molecule has 0 aliphatic rings. The van der Waals surface area contributed by atoms with Gasteiger partial charge in [0.15, 0.2) is 0 Å². The Labute approximate surface area is 112 Å². The van der Waals surface area contributed by atoms with Crippen molar-refractivity contribution in [2.75, 3.05) is 0 Å². The van der Waals surface area contributed by atoms with Crippen LogP contribution in [0.4, 0.5) is 0 Å². The molecule has 102 valence electrons. The quantitative estimate of drug-likeness (QED) is 0.757. The lowest BCUT2D eigenvalue weighted by molar-refractivity contribution is 0.566. The minimum absolute atomic E-state index is 0.184. The zero-order valence-corrected chi connectivity index (χ0v) is 11.3. The Kier molecular flexibility index (Phi) is 3.98. The van der Waals surface area contributed by atoms with Crippen molar-refractivity contribution in [1.29, 1.82) is 0 Å². The number of hydrogen-bond acceptors (Lipinski definition) is 4. The predicted octanol–water partition coefficient (Wildman–Crippen LogP) is 0.908. The monoisotopic (exact) mass is 280 g/mol. The summed E-state index contributed by atoms with van der Waals surface area (Å²) in [5, 5.41) is 0. The van der Waals surface area contributed by atoms with Crippen molar-refractivity contribution in [2.45, 2.75) is 24.4 Å². The van der Waals surface area contributed by atoms with Crippen LogP contribution in [0.1, 0.15) is 24.2 Å². The number of nitrogens with two attached hydrogens (primary N) is 1. The average Bonchev–Trinajstić information content (AvgIpc) is 2.89. The number of nitrogens with zero attached hydrogens (tertiary/aromatic N) is 1. The number of aromatic amines is 1. The molecule has 6 nitrogen and oxygen atoms in total. The van der Waals surface area contributed by atoms with Crippen molar-refractivity contribution in [3.8, 4) is 0 Å². The fraction of sp³-hybridized carbons (Fsp3) is 0.250. The van der Waals surface area contributed by atoms with Crippen LogP contribution >= 0.6 is 0 Å². The molecule has 1 atom stereocenters. The van der Waals surface area contributed by atoms with E-state index < -0.39 is 10.0 Å². The third-order valence-corrected chi connectivity index (χ3v) is 4.28. The van der Waals surface area contributed by atoms with E-state index in [9.17, 15) is 8.42 Å². The van der Waals surface area contributed by atoms with Crippen LogP contribution in [-0.4, -0.2) is 18.4 Å². The molecule has 0 aromatic carbocycles. The van der Waals surface area contributed by atoms with E-state index in [1.54, 1.807) is 25.4 Å². The highest BCUT2D eigenvalue weighted by Crippen LogP contribution is 2.16. The minimum atomic E-state index is -3.56. The number of sulfonamides is 1. The van der Waals surface area contributed by atoms with Gasteiger partial charge in [-0.3, -0.25) is 4.98 Å². The summed E-state index contributed by atoms with van der Waals surface area (Å²) in [6.45, 7) is 2.04. The second kappa shape index (κ2) is 5.52. The molecule has 19 heavy (non-hydrogen) atoms. The molecule has 0 amide bonds. The third-order valence-electron chi connectivity index (χ3n) is 2.76. The summed E-state index contributed by atoms with van der Waals surface area (Å²) in [6, 6.07) is 4.76. The van der Waals surface area contributed by atoms with Gasteiger partial charge in [0.25, 0.3) is 0 Å². The third kappa shape index (κ3) is 3.19. The van der Waals surface area contributed by atoms with E-state index in [-0.39, 0.29) is 17.5 Å². The molecule has 2 heterocycles. The zero-order valence-electron chi connectivity index (χ0n) is 10.5. The van der Waals surface area contributed by atoms with Crippen LogP contribution in [0.25, 0.3) is 0 Å². The maximum atomic E-state index is 12.2. The summed E-state index contributed by atoms with van der Waals surface area (Å²) in [4.78, 5) is 6.97. The first-order chi connectivity index (χ1) is 9.03. The first-order valence-corrected chi connectivity index (χ1v) is 7.31. The molecular weight excluding hydrogens is 264 g/mol. The van der Waals surface area contributed by atoms with Crippen LogP contribution in [0.15, 0.2) is 41.7 Å². The molecule has 4 N–H and O–H groups in total. The Morgan fingerprint density at radius 1 is 1.53 bits per heavy atom. The van der Waals surface area contributed by atoms with Crippen molar-refractivity contribution in [2.24, 2.45) is 5.73 Å². The van der Waals surface area contributed by atoms with Crippen molar-refractivity contribution in [3.63, 3.8) is 0 Å². The Morgan fingerprint density at radius 3 is 2.89 bits per heavy atom. The summed E-state index contributed by atoms with van der Waals surface area (Å²) in [5.41, 5.74) is 6.93.